The molecule has 0 radical (unpaired) electrons. The summed E-state index contributed by atoms with van der Waals surface area (Å²) in [7, 11) is 0. The Bertz CT molecular complexity index is 852. The average molecular weight is 385 g/mol. The number of benzene rings is 2. The molecule has 0 saturated carbocycles. The first kappa shape index (κ1) is 16.5. The van der Waals surface area contributed by atoms with Crippen molar-refractivity contribution in [3.8, 4) is 5.75 Å². The number of hydrogen-bond donors (Lipinski definition) is 1. The molecular weight excluding hydrogens is 368 g/mol. The standard InChI is InChI=1S/C19H17BrN2O2/c1-13(14-8-10-21-11-9-14)22-18(23)12-24-17-7-6-15-4-2-3-5-16(15)19(17)20/h2-11,13H,12H2,1H3,(H,22,23). The number of nitrogens with one attached hydrogen (secondary N) is 1. The molecule has 0 saturated heterocycles. The topological polar surface area (TPSA) is 51.2 Å². The number of rotatable bonds is 5. The Morgan fingerprint density at radius 2 is 1.92 bits per heavy atom. The number of pyridine rings is 1. The van der Waals surface area contributed by atoms with Gasteiger partial charge in [0.15, 0.2) is 6.61 Å². The van der Waals surface area contributed by atoms with Gasteiger partial charge in [-0.15, -0.1) is 0 Å². The van der Waals surface area contributed by atoms with Crippen LogP contribution in [0.1, 0.15) is 18.5 Å². The lowest BCUT2D eigenvalue weighted by atomic mass is 10.1. The fourth-order valence-electron chi connectivity index (χ4n) is 2.49. The van der Waals surface area contributed by atoms with Crippen molar-refractivity contribution in [1.82, 2.24) is 10.3 Å². The van der Waals surface area contributed by atoms with E-state index in [1.165, 1.54) is 0 Å². The summed E-state index contributed by atoms with van der Waals surface area (Å²) in [5, 5.41) is 5.09. The minimum absolute atomic E-state index is 0.0354. The number of amides is 1. The van der Waals surface area contributed by atoms with Crippen LogP contribution in [0.2, 0.25) is 0 Å². The molecule has 0 aliphatic rings. The van der Waals surface area contributed by atoms with E-state index in [2.05, 4.69) is 26.2 Å². The zero-order valence-electron chi connectivity index (χ0n) is 13.2. The van der Waals surface area contributed by atoms with Gasteiger partial charge in [-0.2, -0.15) is 0 Å². The summed E-state index contributed by atoms with van der Waals surface area (Å²) >= 11 is 3.56. The Hall–Kier alpha value is -2.40. The zero-order chi connectivity index (χ0) is 16.9. The van der Waals surface area contributed by atoms with Gasteiger partial charge in [0.25, 0.3) is 5.91 Å². The van der Waals surface area contributed by atoms with Crippen molar-refractivity contribution in [1.29, 1.82) is 0 Å². The highest BCUT2D eigenvalue weighted by Gasteiger charge is 2.11. The molecule has 0 fully saturated rings. The van der Waals surface area contributed by atoms with Gasteiger partial charge >= 0.3 is 0 Å². The first-order valence-electron chi connectivity index (χ1n) is 7.64. The Morgan fingerprint density at radius 1 is 1.17 bits per heavy atom. The maximum Gasteiger partial charge on any atom is 0.258 e. The predicted octanol–water partition coefficient (Wildman–Crippen LogP) is 4.25. The van der Waals surface area contributed by atoms with Crippen LogP contribution in [0.4, 0.5) is 0 Å². The Kier molecular flexibility index (Phi) is 5.11. The van der Waals surface area contributed by atoms with Crippen molar-refractivity contribution in [2.75, 3.05) is 6.61 Å². The van der Waals surface area contributed by atoms with Crippen molar-refractivity contribution in [2.24, 2.45) is 0 Å². The molecular formula is C19H17BrN2O2. The van der Waals surface area contributed by atoms with Crippen molar-refractivity contribution >= 4 is 32.6 Å². The summed E-state index contributed by atoms with van der Waals surface area (Å²) in [5.41, 5.74) is 1.00. The molecule has 0 bridgehead atoms. The molecule has 4 nitrogen and oxygen atoms in total. The van der Waals surface area contributed by atoms with Gasteiger partial charge in [0.2, 0.25) is 0 Å². The second-order valence-corrected chi connectivity index (χ2v) is 6.25. The van der Waals surface area contributed by atoms with Crippen LogP contribution in [0.3, 0.4) is 0 Å². The van der Waals surface area contributed by atoms with Crippen molar-refractivity contribution in [3.63, 3.8) is 0 Å². The lowest BCUT2D eigenvalue weighted by Gasteiger charge is -2.15. The van der Waals surface area contributed by atoms with Gasteiger partial charge in [-0.3, -0.25) is 9.78 Å². The van der Waals surface area contributed by atoms with E-state index >= 15 is 0 Å². The van der Waals surface area contributed by atoms with Gasteiger partial charge in [-0.25, -0.2) is 0 Å². The zero-order valence-corrected chi connectivity index (χ0v) is 14.8. The molecule has 3 rings (SSSR count). The van der Waals surface area contributed by atoms with Gasteiger partial charge in [0, 0.05) is 12.4 Å². The SMILES string of the molecule is CC(NC(=O)COc1ccc2ccccc2c1Br)c1ccncc1. The number of nitrogens with zero attached hydrogens (tertiary/aromatic N) is 1. The van der Waals surface area contributed by atoms with E-state index in [0.717, 1.165) is 20.8 Å². The molecule has 1 amide bonds. The van der Waals surface area contributed by atoms with Crippen LogP contribution in [0.15, 0.2) is 65.4 Å². The van der Waals surface area contributed by atoms with Crippen LogP contribution >= 0.6 is 15.9 Å². The van der Waals surface area contributed by atoms with E-state index in [1.807, 2.05) is 55.5 Å². The van der Waals surface area contributed by atoms with Crippen LogP contribution in [0.25, 0.3) is 10.8 Å². The lowest BCUT2D eigenvalue weighted by molar-refractivity contribution is -0.123. The normalized spacial score (nSPS) is 11.9. The van der Waals surface area contributed by atoms with Gasteiger partial charge in [0.05, 0.1) is 10.5 Å². The fourth-order valence-corrected chi connectivity index (χ4v) is 3.09. The summed E-state index contributed by atoms with van der Waals surface area (Å²) in [4.78, 5) is 16.1. The number of hydrogen-bond acceptors (Lipinski definition) is 3. The molecule has 1 N–H and O–H groups in total. The molecule has 0 spiro atoms. The maximum absolute atomic E-state index is 12.1. The highest BCUT2D eigenvalue weighted by molar-refractivity contribution is 9.10. The lowest BCUT2D eigenvalue weighted by Crippen LogP contribution is -2.31. The number of aromatic nitrogens is 1. The van der Waals surface area contributed by atoms with Gasteiger partial charge in [-0.1, -0.05) is 30.3 Å². The third-order valence-corrected chi connectivity index (χ3v) is 4.59. The summed E-state index contributed by atoms with van der Waals surface area (Å²) in [6.45, 7) is 1.89. The van der Waals surface area contributed by atoms with Crippen molar-refractivity contribution < 1.29 is 9.53 Å². The molecule has 1 aromatic heterocycles. The minimum Gasteiger partial charge on any atom is -0.483 e. The Balaban J connectivity index is 1.63. The molecule has 0 aliphatic carbocycles. The van der Waals surface area contributed by atoms with Gasteiger partial charge in [0.1, 0.15) is 5.75 Å². The second kappa shape index (κ2) is 7.45. The minimum atomic E-state index is -0.167. The third-order valence-electron chi connectivity index (χ3n) is 3.77. The second-order valence-electron chi connectivity index (χ2n) is 5.46. The number of carbonyl (C=O) groups excluding carboxylic acids is 1. The molecule has 122 valence electrons. The molecule has 1 heterocycles. The van der Waals surface area contributed by atoms with Crippen molar-refractivity contribution in [3.05, 3.63) is 71.0 Å². The maximum atomic E-state index is 12.1. The molecule has 24 heavy (non-hydrogen) atoms. The van der Waals surface area contributed by atoms with Crippen LogP contribution in [0.5, 0.6) is 5.75 Å². The summed E-state index contributed by atoms with van der Waals surface area (Å²) in [5.74, 6) is 0.486. The van der Waals surface area contributed by atoms with Crippen LogP contribution in [0, 0.1) is 0 Å². The number of halogens is 1. The number of carbonyl (C=O) groups is 1. The summed E-state index contributed by atoms with van der Waals surface area (Å²) in [6.07, 6.45) is 3.42. The highest BCUT2D eigenvalue weighted by Crippen LogP contribution is 2.32. The monoisotopic (exact) mass is 384 g/mol. The number of fused-ring (bicyclic) bond motifs is 1. The fraction of sp³-hybridized carbons (Fsp3) is 0.158. The van der Waals surface area contributed by atoms with Gasteiger partial charge < -0.3 is 10.1 Å². The van der Waals surface area contributed by atoms with Crippen LogP contribution < -0.4 is 10.1 Å². The first-order chi connectivity index (χ1) is 11.6. The van der Waals surface area contributed by atoms with Crippen molar-refractivity contribution in [2.45, 2.75) is 13.0 Å². The Labute approximate surface area is 149 Å². The quantitative estimate of drug-likeness (QED) is 0.714. The molecule has 3 aromatic rings. The molecule has 1 atom stereocenters. The first-order valence-corrected chi connectivity index (χ1v) is 8.44. The predicted molar refractivity (Wildman–Crippen MR) is 97.9 cm³/mol. The third kappa shape index (κ3) is 3.74. The average Bonchev–Trinajstić information content (AvgIpc) is 2.62. The molecule has 0 aliphatic heterocycles. The largest absolute Gasteiger partial charge is 0.483 e. The Morgan fingerprint density at radius 3 is 2.71 bits per heavy atom. The van der Waals surface area contributed by atoms with Crippen LogP contribution in [-0.4, -0.2) is 17.5 Å². The van der Waals surface area contributed by atoms with E-state index in [0.29, 0.717) is 5.75 Å². The summed E-state index contributed by atoms with van der Waals surface area (Å²) < 4.78 is 6.53. The molecule has 5 heteroatoms. The molecule has 1 unspecified atom stereocenters. The molecule has 2 aromatic carbocycles. The van der Waals surface area contributed by atoms with E-state index in [-0.39, 0.29) is 18.6 Å². The van der Waals surface area contributed by atoms with Crippen LogP contribution in [-0.2, 0) is 4.79 Å². The van der Waals surface area contributed by atoms with E-state index in [4.69, 9.17) is 4.74 Å². The van der Waals surface area contributed by atoms with E-state index < -0.39 is 0 Å². The smallest absolute Gasteiger partial charge is 0.258 e. The van der Waals surface area contributed by atoms with E-state index in [1.54, 1.807) is 12.4 Å². The van der Waals surface area contributed by atoms with Gasteiger partial charge in [-0.05, 0) is 57.4 Å². The highest BCUT2D eigenvalue weighted by atomic mass is 79.9. The number of ether oxygens (including phenoxy) is 1. The summed E-state index contributed by atoms with van der Waals surface area (Å²) in [6, 6.07) is 15.5. The van der Waals surface area contributed by atoms with E-state index in [9.17, 15) is 4.79 Å².